The Hall–Kier alpha value is -2.69. The van der Waals surface area contributed by atoms with E-state index in [1.165, 1.54) is 23.3 Å². The molecule has 3 heterocycles. The van der Waals surface area contributed by atoms with Crippen LogP contribution in [0.3, 0.4) is 0 Å². The highest BCUT2D eigenvalue weighted by molar-refractivity contribution is 7.19. The van der Waals surface area contributed by atoms with Crippen LogP contribution in [-0.4, -0.2) is 34.3 Å². The Morgan fingerprint density at radius 2 is 2.00 bits per heavy atom. The number of piperidine rings is 1. The molecule has 0 unspecified atom stereocenters. The predicted molar refractivity (Wildman–Crippen MR) is 116 cm³/mol. The molecule has 3 aromatic rings. The lowest BCUT2D eigenvalue weighted by Gasteiger charge is -2.32. The molecule has 2 aliphatic rings. The first-order chi connectivity index (χ1) is 14.2. The normalized spacial score (nSPS) is 17.2. The third kappa shape index (κ3) is 3.43. The Morgan fingerprint density at radius 3 is 2.83 bits per heavy atom. The van der Waals surface area contributed by atoms with E-state index in [9.17, 15) is 10.4 Å². The van der Waals surface area contributed by atoms with Crippen molar-refractivity contribution in [1.82, 2.24) is 9.97 Å². The fraction of sp³-hybridized carbons (Fsp3) is 0.409. The van der Waals surface area contributed by atoms with Gasteiger partial charge >= 0.3 is 0 Å². The van der Waals surface area contributed by atoms with Crippen LogP contribution in [0.1, 0.15) is 41.7 Å². The first kappa shape index (κ1) is 18.3. The number of aryl methyl sites for hydroxylation is 2. The zero-order valence-electron chi connectivity index (χ0n) is 16.2. The molecule has 7 heteroatoms. The molecule has 6 nitrogen and oxygen atoms in total. The number of aromatic nitrogens is 2. The second kappa shape index (κ2) is 7.62. The van der Waals surface area contributed by atoms with E-state index in [1.807, 2.05) is 18.2 Å². The summed E-state index contributed by atoms with van der Waals surface area (Å²) in [6, 6.07) is 8.24. The third-order valence-corrected chi connectivity index (χ3v) is 7.14. The topological polar surface area (TPSA) is 85.1 Å². The largest absolute Gasteiger partial charge is 0.393 e. The lowest BCUT2D eigenvalue weighted by atomic mass is 9.97. The number of fused-ring (bicyclic) bond motifs is 3. The smallest absolute Gasteiger partial charge is 0.142 e. The van der Waals surface area contributed by atoms with Crippen molar-refractivity contribution >= 4 is 38.7 Å². The molecule has 1 aromatic carbocycles. The second-order valence-corrected chi connectivity index (χ2v) is 8.88. The quantitative estimate of drug-likeness (QED) is 0.681. The van der Waals surface area contributed by atoms with Gasteiger partial charge in [-0.25, -0.2) is 9.97 Å². The van der Waals surface area contributed by atoms with Crippen LogP contribution in [-0.2, 0) is 12.8 Å². The fourth-order valence-electron chi connectivity index (χ4n) is 4.41. The van der Waals surface area contributed by atoms with Crippen LogP contribution in [0.4, 0.5) is 17.2 Å². The summed E-state index contributed by atoms with van der Waals surface area (Å²) in [6.45, 7) is 1.55. The molecule has 1 saturated heterocycles. The molecule has 0 saturated carbocycles. The second-order valence-electron chi connectivity index (χ2n) is 7.80. The summed E-state index contributed by atoms with van der Waals surface area (Å²) in [7, 11) is 0. The standard InChI is InChI=1S/C22H23N5OS/c23-12-14-11-15(5-6-18(14)27-9-7-16(28)8-10-27)26-21-20-17-3-1-2-4-19(17)29-22(20)25-13-24-21/h5-6,11,13,16,28H,1-4,7-10H2,(H,24,25,26). The van der Waals surface area contributed by atoms with E-state index in [4.69, 9.17) is 0 Å². The Labute approximate surface area is 173 Å². The van der Waals surface area contributed by atoms with Gasteiger partial charge in [-0.1, -0.05) is 0 Å². The van der Waals surface area contributed by atoms with Crippen LogP contribution in [0.5, 0.6) is 0 Å². The van der Waals surface area contributed by atoms with Gasteiger partial charge in [0.05, 0.1) is 22.7 Å². The average Bonchev–Trinajstić information content (AvgIpc) is 3.14. The molecule has 0 spiro atoms. The molecule has 0 bridgehead atoms. The number of nitrogens with one attached hydrogen (secondary N) is 1. The van der Waals surface area contributed by atoms with E-state index in [1.54, 1.807) is 17.7 Å². The molecule has 1 aliphatic carbocycles. The molecule has 148 valence electrons. The summed E-state index contributed by atoms with van der Waals surface area (Å²) in [6.07, 6.45) is 7.55. The van der Waals surface area contributed by atoms with Crippen LogP contribution in [0.15, 0.2) is 24.5 Å². The average molecular weight is 406 g/mol. The van der Waals surface area contributed by atoms with Gasteiger partial charge in [-0.05, 0) is 62.3 Å². The van der Waals surface area contributed by atoms with Gasteiger partial charge in [0.15, 0.2) is 0 Å². The molecule has 2 aromatic heterocycles. The van der Waals surface area contributed by atoms with Gasteiger partial charge in [-0.3, -0.25) is 0 Å². The summed E-state index contributed by atoms with van der Waals surface area (Å²) in [5.74, 6) is 0.826. The van der Waals surface area contributed by atoms with Crippen molar-refractivity contribution < 1.29 is 5.11 Å². The highest BCUT2D eigenvalue weighted by Gasteiger charge is 2.21. The fourth-order valence-corrected chi connectivity index (χ4v) is 5.64. The summed E-state index contributed by atoms with van der Waals surface area (Å²) in [5.41, 5.74) is 3.83. The molecule has 2 N–H and O–H groups in total. The number of hydrogen-bond donors (Lipinski definition) is 2. The lowest BCUT2D eigenvalue weighted by Crippen LogP contribution is -2.36. The van der Waals surface area contributed by atoms with Crippen molar-refractivity contribution in [1.29, 1.82) is 5.26 Å². The van der Waals surface area contributed by atoms with Gasteiger partial charge in [-0.2, -0.15) is 5.26 Å². The van der Waals surface area contributed by atoms with Crippen LogP contribution in [0, 0.1) is 11.3 Å². The zero-order valence-corrected chi connectivity index (χ0v) is 17.0. The molecule has 0 radical (unpaired) electrons. The van der Waals surface area contributed by atoms with Gasteiger partial charge < -0.3 is 15.3 Å². The highest BCUT2D eigenvalue weighted by atomic mass is 32.1. The van der Waals surface area contributed by atoms with Crippen LogP contribution < -0.4 is 10.2 Å². The van der Waals surface area contributed by atoms with Gasteiger partial charge in [0.25, 0.3) is 0 Å². The van der Waals surface area contributed by atoms with Crippen LogP contribution in [0.2, 0.25) is 0 Å². The molecule has 5 rings (SSSR count). The van der Waals surface area contributed by atoms with Crippen molar-refractivity contribution in [3.05, 3.63) is 40.5 Å². The van der Waals surface area contributed by atoms with E-state index >= 15 is 0 Å². The summed E-state index contributed by atoms with van der Waals surface area (Å²) in [4.78, 5) is 13.7. The van der Waals surface area contributed by atoms with Crippen LogP contribution >= 0.6 is 11.3 Å². The number of hydrogen-bond acceptors (Lipinski definition) is 7. The Morgan fingerprint density at radius 1 is 1.17 bits per heavy atom. The molecular formula is C22H23N5OS. The first-order valence-electron chi connectivity index (χ1n) is 10.2. The van der Waals surface area contributed by atoms with Gasteiger partial charge in [0.1, 0.15) is 23.0 Å². The van der Waals surface area contributed by atoms with Crippen LogP contribution in [0.25, 0.3) is 10.2 Å². The summed E-state index contributed by atoms with van der Waals surface area (Å²) >= 11 is 1.78. The molecule has 1 aliphatic heterocycles. The number of aliphatic hydroxyl groups excluding tert-OH is 1. The number of benzene rings is 1. The number of nitrogens with zero attached hydrogens (tertiary/aromatic N) is 4. The molecule has 0 atom stereocenters. The molecule has 29 heavy (non-hydrogen) atoms. The van der Waals surface area contributed by atoms with Crippen molar-refractivity contribution in [3.8, 4) is 6.07 Å². The van der Waals surface area contributed by atoms with E-state index in [-0.39, 0.29) is 6.10 Å². The van der Waals surface area contributed by atoms with E-state index in [0.29, 0.717) is 5.56 Å². The number of anilines is 3. The Kier molecular flexibility index (Phi) is 4.82. The highest BCUT2D eigenvalue weighted by Crippen LogP contribution is 2.39. The Bertz CT molecular complexity index is 1090. The first-order valence-corrected chi connectivity index (χ1v) is 11.0. The SMILES string of the molecule is N#Cc1cc(Nc2ncnc3sc4c(c23)CCCC4)ccc1N1CCC(O)CC1. The van der Waals surface area contributed by atoms with Crippen molar-refractivity contribution in [3.63, 3.8) is 0 Å². The maximum Gasteiger partial charge on any atom is 0.142 e. The summed E-state index contributed by atoms with van der Waals surface area (Å²) in [5, 5.41) is 24.0. The van der Waals surface area contributed by atoms with Crippen molar-refractivity contribution in [2.45, 2.75) is 44.6 Å². The maximum absolute atomic E-state index is 9.75. The maximum atomic E-state index is 9.75. The van der Waals surface area contributed by atoms with Crippen molar-refractivity contribution in [2.24, 2.45) is 0 Å². The number of nitriles is 1. The molecule has 0 amide bonds. The monoisotopic (exact) mass is 405 g/mol. The minimum absolute atomic E-state index is 0.227. The van der Waals surface area contributed by atoms with Gasteiger partial charge in [0.2, 0.25) is 0 Å². The van der Waals surface area contributed by atoms with E-state index in [2.05, 4.69) is 26.3 Å². The van der Waals surface area contributed by atoms with Crippen molar-refractivity contribution in [2.75, 3.05) is 23.3 Å². The molecule has 1 fully saturated rings. The van der Waals surface area contributed by atoms with Gasteiger partial charge in [-0.15, -0.1) is 11.3 Å². The van der Waals surface area contributed by atoms with Gasteiger partial charge in [0, 0.05) is 23.7 Å². The number of rotatable bonds is 3. The Balaban J connectivity index is 1.47. The van der Waals surface area contributed by atoms with E-state index < -0.39 is 0 Å². The molecular weight excluding hydrogens is 382 g/mol. The minimum atomic E-state index is -0.227. The zero-order chi connectivity index (χ0) is 19.8. The number of aliphatic hydroxyl groups is 1. The third-order valence-electron chi connectivity index (χ3n) is 5.94. The lowest BCUT2D eigenvalue weighted by molar-refractivity contribution is 0.145. The van der Waals surface area contributed by atoms with E-state index in [0.717, 1.165) is 66.2 Å². The predicted octanol–water partition coefficient (Wildman–Crippen LogP) is 4.15. The number of thiophene rings is 1. The summed E-state index contributed by atoms with van der Waals surface area (Å²) < 4.78 is 0. The minimum Gasteiger partial charge on any atom is -0.393 e.